The predicted octanol–water partition coefficient (Wildman–Crippen LogP) is 2.97. The fourth-order valence-corrected chi connectivity index (χ4v) is 4.88. The Morgan fingerprint density at radius 1 is 0.921 bits per heavy atom. The van der Waals surface area contributed by atoms with Crippen molar-refractivity contribution in [2.24, 2.45) is 5.10 Å². The molecule has 38 heavy (non-hydrogen) atoms. The van der Waals surface area contributed by atoms with E-state index in [4.69, 9.17) is 4.74 Å². The van der Waals surface area contributed by atoms with Gasteiger partial charge < -0.3 is 10.1 Å². The van der Waals surface area contributed by atoms with Crippen molar-refractivity contribution >= 4 is 28.1 Å². The number of hydrogen-bond donors (Lipinski definition) is 2. The van der Waals surface area contributed by atoms with E-state index in [0.717, 1.165) is 9.87 Å². The molecule has 0 aliphatic rings. The number of nitrogens with one attached hydrogen (secondary N) is 2. The molecule has 0 saturated carbocycles. The minimum atomic E-state index is -3.89. The lowest BCUT2D eigenvalue weighted by Gasteiger charge is -2.21. The molecule has 3 aromatic carbocycles. The molecule has 0 spiro atoms. The second-order valence-electron chi connectivity index (χ2n) is 8.76. The van der Waals surface area contributed by atoms with Crippen LogP contribution in [0, 0.1) is 0 Å². The summed E-state index contributed by atoms with van der Waals surface area (Å²) in [5.41, 5.74) is 4.04. The number of sulfonamides is 1. The number of hydrogen-bond acceptors (Lipinski definition) is 6. The van der Waals surface area contributed by atoms with Crippen molar-refractivity contribution < 1.29 is 22.7 Å². The number of hydrazone groups is 1. The van der Waals surface area contributed by atoms with Crippen LogP contribution < -0.4 is 15.5 Å². The number of amides is 2. The van der Waals surface area contributed by atoms with Gasteiger partial charge in [0.05, 0.1) is 17.7 Å². The summed E-state index contributed by atoms with van der Waals surface area (Å²) in [6.45, 7) is 3.40. The van der Waals surface area contributed by atoms with Gasteiger partial charge in [0.1, 0.15) is 5.75 Å². The van der Waals surface area contributed by atoms with Gasteiger partial charge in [-0.15, -0.1) is 0 Å². The number of carbonyl (C=O) groups excluding carboxylic acids is 2. The van der Waals surface area contributed by atoms with Gasteiger partial charge in [0.2, 0.25) is 10.0 Å². The Morgan fingerprint density at radius 3 is 2.18 bits per heavy atom. The summed E-state index contributed by atoms with van der Waals surface area (Å²) in [6, 6.07) is 24.4. The van der Waals surface area contributed by atoms with Crippen molar-refractivity contribution in [3.63, 3.8) is 0 Å². The number of carbonyl (C=O) groups is 2. The summed E-state index contributed by atoms with van der Waals surface area (Å²) in [7, 11) is -3.89. The van der Waals surface area contributed by atoms with Crippen LogP contribution in [-0.2, 0) is 26.0 Å². The first-order chi connectivity index (χ1) is 18.2. The Bertz CT molecular complexity index is 1310. The molecule has 0 atom stereocenters. The van der Waals surface area contributed by atoms with Crippen molar-refractivity contribution in [1.29, 1.82) is 0 Å². The Hall–Kier alpha value is -4.02. The van der Waals surface area contributed by atoms with Crippen molar-refractivity contribution in [1.82, 2.24) is 15.0 Å². The van der Waals surface area contributed by atoms with E-state index in [-0.39, 0.29) is 36.5 Å². The van der Waals surface area contributed by atoms with Crippen LogP contribution in [0.15, 0.2) is 94.9 Å². The lowest BCUT2D eigenvalue weighted by atomic mass is 10.1. The molecule has 10 heteroatoms. The molecule has 200 valence electrons. The molecule has 3 aromatic rings. The van der Waals surface area contributed by atoms with E-state index < -0.39 is 15.9 Å². The molecule has 3 rings (SSSR count). The molecule has 0 saturated heterocycles. The Morgan fingerprint density at radius 2 is 1.55 bits per heavy atom. The van der Waals surface area contributed by atoms with E-state index in [1.54, 1.807) is 42.5 Å². The van der Waals surface area contributed by atoms with Gasteiger partial charge in [-0.05, 0) is 67.8 Å². The van der Waals surface area contributed by atoms with E-state index in [9.17, 15) is 18.0 Å². The molecule has 0 fully saturated rings. The normalized spacial score (nSPS) is 11.6. The predicted molar refractivity (Wildman–Crippen MR) is 146 cm³/mol. The van der Waals surface area contributed by atoms with Gasteiger partial charge in [-0.3, -0.25) is 9.59 Å². The maximum Gasteiger partial charge on any atom is 0.258 e. The van der Waals surface area contributed by atoms with Gasteiger partial charge in [0.15, 0.2) is 6.61 Å². The zero-order chi connectivity index (χ0) is 27.4. The van der Waals surface area contributed by atoms with Gasteiger partial charge in [-0.25, -0.2) is 13.8 Å². The van der Waals surface area contributed by atoms with Crippen molar-refractivity contribution in [3.05, 3.63) is 96.1 Å². The summed E-state index contributed by atoms with van der Waals surface area (Å²) in [6.07, 6.45) is 1.89. The molecule has 2 N–H and O–H groups in total. The van der Waals surface area contributed by atoms with Crippen molar-refractivity contribution in [2.45, 2.75) is 31.2 Å². The van der Waals surface area contributed by atoms with E-state index >= 15 is 0 Å². The highest BCUT2D eigenvalue weighted by Gasteiger charge is 2.26. The molecule has 0 bridgehead atoms. The molecule has 0 aromatic heterocycles. The minimum absolute atomic E-state index is 0.0364. The van der Waals surface area contributed by atoms with Crippen LogP contribution in [-0.4, -0.2) is 56.5 Å². The van der Waals surface area contributed by atoms with E-state index in [2.05, 4.69) is 15.8 Å². The summed E-state index contributed by atoms with van der Waals surface area (Å²) < 4.78 is 33.1. The first kappa shape index (κ1) is 28.5. The fraction of sp³-hybridized carbons (Fsp3) is 0.250. The number of benzene rings is 3. The van der Waals surface area contributed by atoms with Gasteiger partial charge >= 0.3 is 0 Å². The lowest BCUT2D eigenvalue weighted by Crippen LogP contribution is -2.40. The molecular formula is C28H32N4O5S. The Kier molecular flexibility index (Phi) is 10.6. The van der Waals surface area contributed by atoms with Crippen molar-refractivity contribution in [3.8, 4) is 5.75 Å². The third-order valence-corrected chi connectivity index (χ3v) is 7.16. The molecule has 0 heterocycles. The van der Waals surface area contributed by atoms with Gasteiger partial charge in [-0.2, -0.15) is 9.41 Å². The van der Waals surface area contributed by atoms with E-state index in [1.165, 1.54) is 18.3 Å². The molecule has 0 aliphatic heterocycles. The average molecular weight is 537 g/mol. The largest absolute Gasteiger partial charge is 0.484 e. The summed E-state index contributed by atoms with van der Waals surface area (Å²) in [5, 5.41) is 6.70. The first-order valence-corrected chi connectivity index (χ1v) is 13.6. The average Bonchev–Trinajstić information content (AvgIpc) is 2.91. The van der Waals surface area contributed by atoms with Crippen LogP contribution in [0.25, 0.3) is 0 Å². The fourth-order valence-electron chi connectivity index (χ4n) is 3.46. The number of nitrogens with zero attached hydrogens (tertiary/aromatic N) is 2. The SMILES string of the molecule is CC(C)NC(=O)COc1ccc(/C=N/NC(=O)CN(CCc2ccccc2)S(=O)(=O)c2ccccc2)cc1. The minimum Gasteiger partial charge on any atom is -0.484 e. The maximum atomic E-state index is 13.2. The lowest BCUT2D eigenvalue weighted by molar-refractivity contribution is -0.123. The highest BCUT2D eigenvalue weighted by molar-refractivity contribution is 7.89. The number of ether oxygens (including phenoxy) is 1. The zero-order valence-electron chi connectivity index (χ0n) is 21.4. The molecule has 2 amide bonds. The zero-order valence-corrected chi connectivity index (χ0v) is 22.2. The molecular weight excluding hydrogens is 504 g/mol. The third-order valence-electron chi connectivity index (χ3n) is 5.30. The highest BCUT2D eigenvalue weighted by atomic mass is 32.2. The smallest absolute Gasteiger partial charge is 0.258 e. The van der Waals surface area contributed by atoms with Crippen LogP contribution in [0.5, 0.6) is 5.75 Å². The van der Waals surface area contributed by atoms with Crippen LogP contribution >= 0.6 is 0 Å². The van der Waals surface area contributed by atoms with Crippen LogP contribution in [0.1, 0.15) is 25.0 Å². The van der Waals surface area contributed by atoms with Crippen LogP contribution in [0.4, 0.5) is 0 Å². The van der Waals surface area contributed by atoms with Crippen molar-refractivity contribution in [2.75, 3.05) is 19.7 Å². The Labute approximate surface area is 223 Å². The molecule has 9 nitrogen and oxygen atoms in total. The Balaban J connectivity index is 1.58. The quantitative estimate of drug-likeness (QED) is 0.257. The topological polar surface area (TPSA) is 117 Å². The summed E-state index contributed by atoms with van der Waals surface area (Å²) >= 11 is 0. The van der Waals surface area contributed by atoms with E-state index in [1.807, 2.05) is 44.2 Å². The van der Waals surface area contributed by atoms with E-state index in [0.29, 0.717) is 17.7 Å². The van der Waals surface area contributed by atoms with Gasteiger partial charge in [-0.1, -0.05) is 48.5 Å². The maximum absolute atomic E-state index is 13.2. The standard InChI is InChI=1S/C28H32N4O5S/c1-22(2)30-28(34)21-37-25-15-13-24(14-16-25)19-29-31-27(33)20-32(18-17-23-9-5-3-6-10-23)38(35,36)26-11-7-4-8-12-26/h3-16,19,22H,17-18,20-21H2,1-2H3,(H,30,34)(H,31,33)/b29-19+. The second kappa shape index (κ2) is 14.1. The molecule has 0 aliphatic carbocycles. The summed E-state index contributed by atoms with van der Waals surface area (Å²) in [4.78, 5) is 24.4. The third kappa shape index (κ3) is 9.13. The molecule has 0 unspecified atom stereocenters. The number of rotatable bonds is 13. The first-order valence-electron chi connectivity index (χ1n) is 12.2. The monoisotopic (exact) mass is 536 g/mol. The van der Waals surface area contributed by atoms with Gasteiger partial charge in [0, 0.05) is 12.6 Å². The highest BCUT2D eigenvalue weighted by Crippen LogP contribution is 2.16. The van der Waals surface area contributed by atoms with Crippen LogP contribution in [0.3, 0.4) is 0 Å². The van der Waals surface area contributed by atoms with Gasteiger partial charge in [0.25, 0.3) is 11.8 Å². The second-order valence-corrected chi connectivity index (χ2v) is 10.7. The molecule has 0 radical (unpaired) electrons. The van der Waals surface area contributed by atoms with Crippen LogP contribution in [0.2, 0.25) is 0 Å². The summed E-state index contributed by atoms with van der Waals surface area (Å²) in [5.74, 6) is -0.254.